The minimum atomic E-state index is -1.58. The molecule has 0 amide bonds. The molecular weight excluding hydrogens is 257 g/mol. The summed E-state index contributed by atoms with van der Waals surface area (Å²) in [6.07, 6.45) is 0. The van der Waals surface area contributed by atoms with Crippen LogP contribution < -0.4 is 0 Å². The van der Waals surface area contributed by atoms with Gasteiger partial charge >= 0.3 is 5.97 Å². The van der Waals surface area contributed by atoms with Crippen molar-refractivity contribution in [2.75, 3.05) is 0 Å². The Balaban J connectivity index is 2.68. The van der Waals surface area contributed by atoms with Crippen LogP contribution in [0.2, 0.25) is 0 Å². The standard InChI is InChI=1S/C14H9F3O2/c1-7-3-2-4-8(11(7)15)9-5-6-10(14(18)19)13(17)12(9)16/h2-6H,1H3,(H,18,19). The molecule has 0 fully saturated rings. The molecule has 0 aliphatic rings. The van der Waals surface area contributed by atoms with Crippen molar-refractivity contribution >= 4 is 5.97 Å². The molecule has 0 atom stereocenters. The molecule has 0 aliphatic carbocycles. The fraction of sp³-hybridized carbons (Fsp3) is 0.0714. The molecule has 0 radical (unpaired) electrons. The van der Waals surface area contributed by atoms with Crippen molar-refractivity contribution in [1.29, 1.82) is 0 Å². The Hall–Kier alpha value is -2.30. The molecule has 0 aliphatic heterocycles. The van der Waals surface area contributed by atoms with Gasteiger partial charge in [0.2, 0.25) is 0 Å². The summed E-state index contributed by atoms with van der Waals surface area (Å²) < 4.78 is 41.2. The molecule has 0 heterocycles. The lowest BCUT2D eigenvalue weighted by atomic mass is 10.00. The number of hydrogen-bond donors (Lipinski definition) is 1. The summed E-state index contributed by atoms with van der Waals surface area (Å²) in [5.41, 5.74) is -0.897. The lowest BCUT2D eigenvalue weighted by Gasteiger charge is -2.08. The number of halogens is 3. The van der Waals surface area contributed by atoms with E-state index in [4.69, 9.17) is 5.11 Å². The fourth-order valence-corrected chi connectivity index (χ4v) is 1.78. The monoisotopic (exact) mass is 266 g/mol. The third-order valence-electron chi connectivity index (χ3n) is 2.79. The number of carbonyl (C=O) groups is 1. The van der Waals surface area contributed by atoms with E-state index in [2.05, 4.69) is 0 Å². The van der Waals surface area contributed by atoms with Crippen molar-refractivity contribution in [3.8, 4) is 11.1 Å². The van der Waals surface area contributed by atoms with Crippen LogP contribution in [-0.2, 0) is 0 Å². The number of aromatic carboxylic acids is 1. The predicted octanol–water partition coefficient (Wildman–Crippen LogP) is 3.78. The van der Waals surface area contributed by atoms with Gasteiger partial charge in [0, 0.05) is 11.1 Å². The van der Waals surface area contributed by atoms with Gasteiger partial charge in [-0.2, -0.15) is 0 Å². The molecular formula is C14H9F3O2. The molecule has 1 N–H and O–H groups in total. The maximum Gasteiger partial charge on any atom is 0.338 e. The molecule has 0 saturated carbocycles. The molecule has 0 saturated heterocycles. The van der Waals surface area contributed by atoms with Crippen LogP contribution in [0.1, 0.15) is 15.9 Å². The topological polar surface area (TPSA) is 37.3 Å². The largest absolute Gasteiger partial charge is 0.478 e. The summed E-state index contributed by atoms with van der Waals surface area (Å²) in [6, 6.07) is 6.28. The maximum absolute atomic E-state index is 13.9. The summed E-state index contributed by atoms with van der Waals surface area (Å²) in [6.45, 7) is 1.50. The van der Waals surface area contributed by atoms with E-state index in [0.717, 1.165) is 12.1 Å². The van der Waals surface area contributed by atoms with Crippen LogP contribution >= 0.6 is 0 Å². The van der Waals surface area contributed by atoms with Crippen molar-refractivity contribution < 1.29 is 23.1 Å². The van der Waals surface area contributed by atoms with Gasteiger partial charge in [0.15, 0.2) is 11.6 Å². The minimum Gasteiger partial charge on any atom is -0.478 e. The van der Waals surface area contributed by atoms with E-state index >= 15 is 0 Å². The molecule has 2 rings (SSSR count). The Morgan fingerprint density at radius 2 is 1.58 bits per heavy atom. The molecule has 2 nitrogen and oxygen atoms in total. The van der Waals surface area contributed by atoms with E-state index in [1.54, 1.807) is 0 Å². The second-order valence-corrected chi connectivity index (χ2v) is 4.03. The first-order chi connectivity index (χ1) is 8.93. The van der Waals surface area contributed by atoms with Crippen molar-refractivity contribution in [1.82, 2.24) is 0 Å². The van der Waals surface area contributed by atoms with Crippen LogP contribution in [0.4, 0.5) is 13.2 Å². The Labute approximate surface area is 107 Å². The maximum atomic E-state index is 13.9. The van der Waals surface area contributed by atoms with E-state index in [0.29, 0.717) is 5.56 Å². The first-order valence-corrected chi connectivity index (χ1v) is 5.40. The minimum absolute atomic E-state index is 0.103. The number of rotatable bonds is 2. The zero-order chi connectivity index (χ0) is 14.2. The van der Waals surface area contributed by atoms with Gasteiger partial charge < -0.3 is 5.11 Å². The first kappa shape index (κ1) is 13.1. The number of carboxylic acid groups (broad SMARTS) is 1. The summed E-state index contributed by atoms with van der Waals surface area (Å²) in [4.78, 5) is 10.7. The molecule has 5 heteroatoms. The molecule has 2 aromatic rings. The molecule has 0 aromatic heterocycles. The van der Waals surface area contributed by atoms with Crippen LogP contribution in [0.25, 0.3) is 11.1 Å². The summed E-state index contributed by atoms with van der Waals surface area (Å²) in [5.74, 6) is -5.10. The molecule has 98 valence electrons. The first-order valence-electron chi connectivity index (χ1n) is 5.40. The van der Waals surface area contributed by atoms with Crippen LogP contribution in [0.15, 0.2) is 30.3 Å². The average Bonchev–Trinajstić information content (AvgIpc) is 2.36. The Morgan fingerprint density at radius 3 is 2.21 bits per heavy atom. The number of aryl methyl sites for hydroxylation is 1. The normalized spacial score (nSPS) is 10.5. The van der Waals surface area contributed by atoms with E-state index in [-0.39, 0.29) is 11.1 Å². The van der Waals surface area contributed by atoms with Crippen LogP contribution in [0.3, 0.4) is 0 Å². The highest BCUT2D eigenvalue weighted by molar-refractivity contribution is 5.88. The Morgan fingerprint density at radius 1 is 0.947 bits per heavy atom. The summed E-state index contributed by atoms with van der Waals surface area (Å²) in [7, 11) is 0. The average molecular weight is 266 g/mol. The highest BCUT2D eigenvalue weighted by atomic mass is 19.2. The number of carboxylic acids is 1. The molecule has 0 spiro atoms. The van der Waals surface area contributed by atoms with Crippen molar-refractivity contribution in [3.05, 3.63) is 58.9 Å². The van der Waals surface area contributed by atoms with Gasteiger partial charge in [0.1, 0.15) is 5.82 Å². The van der Waals surface area contributed by atoms with Gasteiger partial charge in [0.05, 0.1) is 5.56 Å². The van der Waals surface area contributed by atoms with Crippen LogP contribution in [0, 0.1) is 24.4 Å². The lowest BCUT2D eigenvalue weighted by molar-refractivity contribution is 0.0690. The van der Waals surface area contributed by atoms with E-state index in [1.165, 1.54) is 25.1 Å². The third-order valence-corrected chi connectivity index (χ3v) is 2.79. The SMILES string of the molecule is Cc1cccc(-c2ccc(C(=O)O)c(F)c2F)c1F. The van der Waals surface area contributed by atoms with Gasteiger partial charge in [-0.15, -0.1) is 0 Å². The summed E-state index contributed by atoms with van der Waals surface area (Å²) >= 11 is 0. The second-order valence-electron chi connectivity index (χ2n) is 4.03. The zero-order valence-corrected chi connectivity index (χ0v) is 9.88. The van der Waals surface area contributed by atoms with E-state index < -0.39 is 29.0 Å². The van der Waals surface area contributed by atoms with Crippen molar-refractivity contribution in [2.24, 2.45) is 0 Å². The second kappa shape index (κ2) is 4.76. The predicted molar refractivity (Wildman–Crippen MR) is 63.4 cm³/mol. The fourth-order valence-electron chi connectivity index (χ4n) is 1.78. The molecule has 0 bridgehead atoms. The molecule has 19 heavy (non-hydrogen) atoms. The van der Waals surface area contributed by atoms with E-state index in [9.17, 15) is 18.0 Å². The Bertz CT molecular complexity index is 666. The smallest absolute Gasteiger partial charge is 0.338 e. The van der Waals surface area contributed by atoms with Gasteiger partial charge in [0.25, 0.3) is 0 Å². The number of hydrogen-bond acceptors (Lipinski definition) is 1. The highest BCUT2D eigenvalue weighted by Crippen LogP contribution is 2.29. The highest BCUT2D eigenvalue weighted by Gasteiger charge is 2.20. The Kier molecular flexibility index (Phi) is 3.29. The lowest BCUT2D eigenvalue weighted by Crippen LogP contribution is -2.04. The van der Waals surface area contributed by atoms with Crippen molar-refractivity contribution in [3.63, 3.8) is 0 Å². The zero-order valence-electron chi connectivity index (χ0n) is 9.88. The molecule has 2 aromatic carbocycles. The van der Waals surface area contributed by atoms with Gasteiger partial charge in [-0.05, 0) is 18.6 Å². The van der Waals surface area contributed by atoms with Gasteiger partial charge in [-0.1, -0.05) is 24.3 Å². The van der Waals surface area contributed by atoms with Crippen LogP contribution in [0.5, 0.6) is 0 Å². The van der Waals surface area contributed by atoms with Crippen molar-refractivity contribution in [2.45, 2.75) is 6.92 Å². The summed E-state index contributed by atoms with van der Waals surface area (Å²) in [5, 5.41) is 8.67. The molecule has 0 unspecified atom stereocenters. The third kappa shape index (κ3) is 2.19. The quantitative estimate of drug-likeness (QED) is 0.898. The van der Waals surface area contributed by atoms with Gasteiger partial charge in [-0.25, -0.2) is 18.0 Å². The number of benzene rings is 2. The van der Waals surface area contributed by atoms with Crippen LogP contribution in [-0.4, -0.2) is 11.1 Å². The van der Waals surface area contributed by atoms with Gasteiger partial charge in [-0.3, -0.25) is 0 Å². The van der Waals surface area contributed by atoms with E-state index in [1.807, 2.05) is 0 Å².